The lowest BCUT2D eigenvalue weighted by Gasteiger charge is -2.20. The van der Waals surface area contributed by atoms with Crippen LogP contribution in [0.3, 0.4) is 0 Å². The van der Waals surface area contributed by atoms with Gasteiger partial charge in [0.15, 0.2) is 6.10 Å². The first-order chi connectivity index (χ1) is 15.0. The molecule has 1 amide bonds. The van der Waals surface area contributed by atoms with Crippen molar-refractivity contribution in [3.8, 4) is 17.0 Å². The molecular formula is C22H16ClF5N2O2. The summed E-state index contributed by atoms with van der Waals surface area (Å²) in [5.41, 5.74) is -0.238. The monoisotopic (exact) mass is 470 g/mol. The average Bonchev–Trinajstić information content (AvgIpc) is 2.71. The molecule has 0 aliphatic carbocycles. The fraction of sp³-hybridized carbons (Fsp3) is 0.182. The van der Waals surface area contributed by atoms with E-state index in [-0.39, 0.29) is 16.3 Å². The third-order valence-electron chi connectivity index (χ3n) is 4.47. The molecule has 4 nitrogen and oxygen atoms in total. The molecule has 0 fully saturated rings. The molecule has 0 bridgehead atoms. The molecule has 2 aromatic carbocycles. The van der Waals surface area contributed by atoms with E-state index in [1.807, 2.05) is 0 Å². The predicted molar refractivity (Wildman–Crippen MR) is 110 cm³/mol. The lowest BCUT2D eigenvalue weighted by Crippen LogP contribution is -2.32. The van der Waals surface area contributed by atoms with Gasteiger partial charge in [-0.2, -0.15) is 13.2 Å². The molecule has 168 valence electrons. The first-order valence-electron chi connectivity index (χ1n) is 9.22. The summed E-state index contributed by atoms with van der Waals surface area (Å²) in [4.78, 5) is 16.8. The minimum atomic E-state index is -4.75. The van der Waals surface area contributed by atoms with Crippen molar-refractivity contribution in [1.29, 1.82) is 0 Å². The van der Waals surface area contributed by atoms with Crippen molar-refractivity contribution in [2.75, 3.05) is 5.32 Å². The standard InChI is InChI=1S/C22H16ClF5N2O2/c1-11-6-7-18(29-10-11)13-9-19(32-12(2)22(26,27)28)14(8-17(13)25)21(31)30-20-15(23)4-3-5-16(20)24/h3-10,12H,1-2H3,(H,30,31). The highest BCUT2D eigenvalue weighted by atomic mass is 35.5. The highest BCUT2D eigenvalue weighted by Gasteiger charge is 2.39. The molecule has 3 rings (SSSR count). The number of hydrogen-bond donors (Lipinski definition) is 1. The van der Waals surface area contributed by atoms with Gasteiger partial charge >= 0.3 is 6.18 Å². The van der Waals surface area contributed by atoms with E-state index in [0.717, 1.165) is 24.6 Å². The van der Waals surface area contributed by atoms with Crippen LogP contribution in [-0.4, -0.2) is 23.2 Å². The number of benzene rings is 2. The van der Waals surface area contributed by atoms with Crippen LogP contribution in [0.4, 0.5) is 27.6 Å². The van der Waals surface area contributed by atoms with Crippen molar-refractivity contribution in [2.24, 2.45) is 0 Å². The van der Waals surface area contributed by atoms with E-state index in [2.05, 4.69) is 10.3 Å². The van der Waals surface area contributed by atoms with E-state index in [9.17, 15) is 26.7 Å². The Kier molecular flexibility index (Phi) is 6.68. The number of carbonyl (C=O) groups is 1. The van der Waals surface area contributed by atoms with Gasteiger partial charge in [-0.3, -0.25) is 9.78 Å². The summed E-state index contributed by atoms with van der Waals surface area (Å²) in [6.07, 6.45) is -5.61. The number of para-hydroxylation sites is 1. The summed E-state index contributed by atoms with van der Waals surface area (Å²) in [7, 11) is 0. The largest absolute Gasteiger partial charge is 0.480 e. The third kappa shape index (κ3) is 5.16. The van der Waals surface area contributed by atoms with Gasteiger partial charge in [0.1, 0.15) is 17.4 Å². The zero-order chi connectivity index (χ0) is 23.6. The van der Waals surface area contributed by atoms with Crippen molar-refractivity contribution in [3.63, 3.8) is 0 Å². The number of ether oxygens (including phenoxy) is 1. The Morgan fingerprint density at radius 3 is 2.44 bits per heavy atom. The van der Waals surface area contributed by atoms with E-state index >= 15 is 0 Å². The molecule has 0 saturated carbocycles. The van der Waals surface area contributed by atoms with Gasteiger partial charge in [0.2, 0.25) is 0 Å². The van der Waals surface area contributed by atoms with Gasteiger partial charge in [-0.25, -0.2) is 8.78 Å². The lowest BCUT2D eigenvalue weighted by atomic mass is 10.0. The molecule has 1 unspecified atom stereocenters. The first-order valence-corrected chi connectivity index (χ1v) is 9.60. The number of hydrogen-bond acceptors (Lipinski definition) is 3. The van der Waals surface area contributed by atoms with E-state index in [0.29, 0.717) is 6.07 Å². The number of pyridine rings is 1. The second kappa shape index (κ2) is 9.12. The smallest absolute Gasteiger partial charge is 0.425 e. The molecule has 10 heteroatoms. The number of anilines is 1. The molecule has 0 saturated heterocycles. The van der Waals surface area contributed by atoms with Crippen molar-refractivity contribution < 1.29 is 31.5 Å². The maximum atomic E-state index is 14.8. The van der Waals surface area contributed by atoms with E-state index in [4.69, 9.17) is 16.3 Å². The van der Waals surface area contributed by atoms with Crippen molar-refractivity contribution in [2.45, 2.75) is 26.1 Å². The van der Waals surface area contributed by atoms with Crippen LogP contribution in [0, 0.1) is 18.6 Å². The van der Waals surface area contributed by atoms with Crippen LogP contribution in [0.25, 0.3) is 11.3 Å². The average molecular weight is 471 g/mol. The molecule has 32 heavy (non-hydrogen) atoms. The van der Waals surface area contributed by atoms with E-state index in [1.54, 1.807) is 13.0 Å². The fourth-order valence-electron chi connectivity index (χ4n) is 2.71. The Balaban J connectivity index is 2.08. The number of nitrogens with one attached hydrogen (secondary N) is 1. The first kappa shape index (κ1) is 23.5. The number of carbonyl (C=O) groups excluding carboxylic acids is 1. The predicted octanol–water partition coefficient (Wildman–Crippen LogP) is 6.57. The van der Waals surface area contributed by atoms with Gasteiger partial charge in [-0.1, -0.05) is 23.7 Å². The molecule has 1 N–H and O–H groups in total. The third-order valence-corrected chi connectivity index (χ3v) is 4.78. The minimum Gasteiger partial charge on any atom is -0.480 e. The van der Waals surface area contributed by atoms with Gasteiger partial charge in [-0.05, 0) is 49.7 Å². The fourth-order valence-corrected chi connectivity index (χ4v) is 2.92. The number of rotatable bonds is 5. The van der Waals surface area contributed by atoms with Crippen LogP contribution in [0.5, 0.6) is 5.75 Å². The molecular weight excluding hydrogens is 455 g/mol. The van der Waals surface area contributed by atoms with Crippen LogP contribution in [0.1, 0.15) is 22.8 Å². The maximum Gasteiger partial charge on any atom is 0.425 e. The summed E-state index contributed by atoms with van der Waals surface area (Å²) >= 11 is 5.88. The SMILES string of the molecule is Cc1ccc(-c2cc(OC(C)C(F)(F)F)c(C(=O)Nc3c(F)cccc3Cl)cc2F)nc1. The molecule has 1 atom stereocenters. The molecule has 1 heterocycles. The molecule has 0 radical (unpaired) electrons. The Hall–Kier alpha value is -3.20. The number of aryl methyl sites for hydroxylation is 1. The molecule has 1 aromatic heterocycles. The van der Waals surface area contributed by atoms with Crippen LogP contribution in [0.2, 0.25) is 5.02 Å². The quantitative estimate of drug-likeness (QED) is 0.429. The minimum absolute atomic E-state index is 0.127. The van der Waals surface area contributed by atoms with Gasteiger partial charge in [0, 0.05) is 11.8 Å². The summed E-state index contributed by atoms with van der Waals surface area (Å²) in [6.45, 7) is 2.50. The zero-order valence-corrected chi connectivity index (χ0v) is 17.5. The molecule has 3 aromatic rings. The Labute approximate surface area is 185 Å². The number of alkyl halides is 3. The zero-order valence-electron chi connectivity index (χ0n) is 16.7. The Morgan fingerprint density at radius 2 is 1.84 bits per heavy atom. The van der Waals surface area contributed by atoms with Crippen LogP contribution >= 0.6 is 11.6 Å². The number of nitrogens with zero attached hydrogens (tertiary/aromatic N) is 1. The van der Waals surface area contributed by atoms with Crippen LogP contribution in [-0.2, 0) is 0 Å². The summed E-state index contributed by atoms with van der Waals surface area (Å²) < 4.78 is 73.1. The number of halogens is 6. The highest BCUT2D eigenvalue weighted by molar-refractivity contribution is 6.34. The normalized spacial score (nSPS) is 12.4. The van der Waals surface area contributed by atoms with E-state index < -0.39 is 46.8 Å². The number of aromatic nitrogens is 1. The Morgan fingerprint density at radius 1 is 1.12 bits per heavy atom. The van der Waals surface area contributed by atoms with Crippen molar-refractivity contribution in [1.82, 2.24) is 4.98 Å². The summed E-state index contributed by atoms with van der Waals surface area (Å²) in [5, 5.41) is 2.00. The summed E-state index contributed by atoms with van der Waals surface area (Å²) in [6, 6.07) is 8.40. The maximum absolute atomic E-state index is 14.8. The van der Waals surface area contributed by atoms with Gasteiger partial charge in [0.25, 0.3) is 5.91 Å². The number of amides is 1. The Bertz CT molecular complexity index is 1130. The molecule has 0 aliphatic heterocycles. The van der Waals surface area contributed by atoms with Crippen molar-refractivity contribution in [3.05, 3.63) is 76.4 Å². The summed E-state index contributed by atoms with van der Waals surface area (Å²) in [5.74, 6) is -3.47. The topological polar surface area (TPSA) is 51.2 Å². The van der Waals surface area contributed by atoms with Crippen LogP contribution in [0.15, 0.2) is 48.7 Å². The van der Waals surface area contributed by atoms with Gasteiger partial charge in [0.05, 0.1) is 22.0 Å². The second-order valence-electron chi connectivity index (χ2n) is 6.90. The second-order valence-corrected chi connectivity index (χ2v) is 7.31. The molecule has 0 spiro atoms. The van der Waals surface area contributed by atoms with Gasteiger partial charge < -0.3 is 10.1 Å². The van der Waals surface area contributed by atoms with Gasteiger partial charge in [-0.15, -0.1) is 0 Å². The van der Waals surface area contributed by atoms with Crippen molar-refractivity contribution >= 4 is 23.2 Å². The van der Waals surface area contributed by atoms with E-state index in [1.165, 1.54) is 24.4 Å². The van der Waals surface area contributed by atoms with Crippen LogP contribution < -0.4 is 10.1 Å². The molecule has 0 aliphatic rings. The highest BCUT2D eigenvalue weighted by Crippen LogP contribution is 2.34. The lowest BCUT2D eigenvalue weighted by molar-refractivity contribution is -0.189.